The van der Waals surface area contributed by atoms with Gasteiger partial charge < -0.3 is 15.5 Å². The van der Waals surface area contributed by atoms with Crippen molar-refractivity contribution in [1.82, 2.24) is 9.80 Å². The monoisotopic (exact) mass is 185 g/mol. The van der Waals surface area contributed by atoms with E-state index in [-0.39, 0.29) is 0 Å². The van der Waals surface area contributed by atoms with Gasteiger partial charge in [0.2, 0.25) is 0 Å². The topological polar surface area (TPSA) is 32.5 Å². The highest BCUT2D eigenvalue weighted by Gasteiger charge is 2.21. The molecular weight excluding hydrogens is 162 g/mol. The minimum atomic E-state index is 0.306. The van der Waals surface area contributed by atoms with Crippen LogP contribution in [0.3, 0.4) is 0 Å². The first-order valence-electron chi connectivity index (χ1n) is 5.24. The Hall–Kier alpha value is -0.120. The first kappa shape index (κ1) is 11.0. The molecule has 1 rings (SSSR count). The second-order valence-corrected chi connectivity index (χ2v) is 4.50. The number of piperidine rings is 1. The molecule has 3 nitrogen and oxygen atoms in total. The predicted octanol–water partition coefficient (Wildman–Crippen LogP) is 0.360. The lowest BCUT2D eigenvalue weighted by atomic mass is 10.0. The van der Waals surface area contributed by atoms with Gasteiger partial charge >= 0.3 is 0 Å². The van der Waals surface area contributed by atoms with Crippen molar-refractivity contribution in [1.29, 1.82) is 0 Å². The average Bonchev–Trinajstić information content (AvgIpc) is 2.03. The second-order valence-electron chi connectivity index (χ2n) is 4.50. The standard InChI is InChI=1S/C10H23N3/c1-9(11)7-13-6-4-5-10(8-13)12(2)3/h9-10H,4-8,11H2,1-3H3. The van der Waals surface area contributed by atoms with Crippen molar-refractivity contribution >= 4 is 0 Å². The van der Waals surface area contributed by atoms with Crippen LogP contribution in [-0.2, 0) is 0 Å². The molecule has 2 unspecified atom stereocenters. The summed E-state index contributed by atoms with van der Waals surface area (Å²) in [6.07, 6.45) is 2.65. The Morgan fingerprint density at radius 1 is 1.54 bits per heavy atom. The minimum Gasteiger partial charge on any atom is -0.327 e. The number of hydrogen-bond acceptors (Lipinski definition) is 3. The van der Waals surface area contributed by atoms with E-state index >= 15 is 0 Å². The van der Waals surface area contributed by atoms with Gasteiger partial charge in [-0.1, -0.05) is 0 Å². The molecule has 0 amide bonds. The lowest BCUT2D eigenvalue weighted by Crippen LogP contribution is -2.48. The molecule has 0 spiro atoms. The molecule has 0 radical (unpaired) electrons. The number of hydrogen-bond donors (Lipinski definition) is 1. The third-order valence-electron chi connectivity index (χ3n) is 2.76. The zero-order valence-electron chi connectivity index (χ0n) is 9.16. The highest BCUT2D eigenvalue weighted by Crippen LogP contribution is 2.13. The average molecular weight is 185 g/mol. The third-order valence-corrected chi connectivity index (χ3v) is 2.76. The highest BCUT2D eigenvalue weighted by atomic mass is 15.2. The molecule has 2 atom stereocenters. The lowest BCUT2D eigenvalue weighted by molar-refractivity contribution is 0.129. The molecule has 78 valence electrons. The van der Waals surface area contributed by atoms with Crippen LogP contribution in [0.25, 0.3) is 0 Å². The van der Waals surface area contributed by atoms with Gasteiger partial charge in [0.05, 0.1) is 0 Å². The van der Waals surface area contributed by atoms with Crippen molar-refractivity contribution in [3.8, 4) is 0 Å². The van der Waals surface area contributed by atoms with Crippen LogP contribution in [0.15, 0.2) is 0 Å². The fraction of sp³-hybridized carbons (Fsp3) is 1.00. The van der Waals surface area contributed by atoms with Gasteiger partial charge in [-0.05, 0) is 40.4 Å². The van der Waals surface area contributed by atoms with Gasteiger partial charge in [0.15, 0.2) is 0 Å². The fourth-order valence-electron chi connectivity index (χ4n) is 2.03. The van der Waals surface area contributed by atoms with E-state index in [0.717, 1.165) is 12.6 Å². The van der Waals surface area contributed by atoms with Crippen molar-refractivity contribution in [2.45, 2.75) is 31.8 Å². The van der Waals surface area contributed by atoms with Crippen LogP contribution in [0.4, 0.5) is 0 Å². The van der Waals surface area contributed by atoms with Gasteiger partial charge in [0, 0.05) is 25.2 Å². The van der Waals surface area contributed by atoms with Crippen LogP contribution in [-0.4, -0.2) is 55.6 Å². The van der Waals surface area contributed by atoms with Crippen molar-refractivity contribution in [2.24, 2.45) is 5.73 Å². The third kappa shape index (κ3) is 3.63. The minimum absolute atomic E-state index is 0.306. The van der Waals surface area contributed by atoms with Crippen LogP contribution in [0.1, 0.15) is 19.8 Å². The number of rotatable bonds is 3. The van der Waals surface area contributed by atoms with Crippen molar-refractivity contribution < 1.29 is 0 Å². The molecule has 1 saturated heterocycles. The van der Waals surface area contributed by atoms with E-state index in [1.807, 2.05) is 0 Å². The van der Waals surface area contributed by atoms with E-state index in [9.17, 15) is 0 Å². The molecule has 0 aromatic carbocycles. The Bertz CT molecular complexity index is 145. The van der Waals surface area contributed by atoms with Crippen molar-refractivity contribution in [3.63, 3.8) is 0 Å². The molecule has 1 aliphatic heterocycles. The SMILES string of the molecule is CC(N)CN1CCCC(N(C)C)C1. The summed E-state index contributed by atoms with van der Waals surface area (Å²) in [6, 6.07) is 1.04. The number of likely N-dealkylation sites (N-methyl/N-ethyl adjacent to an activating group) is 1. The van der Waals surface area contributed by atoms with E-state index < -0.39 is 0 Å². The van der Waals surface area contributed by atoms with Crippen molar-refractivity contribution in [2.75, 3.05) is 33.7 Å². The quantitative estimate of drug-likeness (QED) is 0.689. The summed E-state index contributed by atoms with van der Waals surface area (Å²) in [5, 5.41) is 0. The van der Waals surface area contributed by atoms with Gasteiger partial charge in [-0.3, -0.25) is 0 Å². The predicted molar refractivity (Wildman–Crippen MR) is 56.8 cm³/mol. The van der Waals surface area contributed by atoms with E-state index in [1.165, 1.54) is 25.9 Å². The van der Waals surface area contributed by atoms with Crippen LogP contribution >= 0.6 is 0 Å². The highest BCUT2D eigenvalue weighted by molar-refractivity contribution is 4.79. The maximum absolute atomic E-state index is 5.79. The van der Waals surface area contributed by atoms with E-state index in [0.29, 0.717) is 6.04 Å². The van der Waals surface area contributed by atoms with Gasteiger partial charge in [-0.15, -0.1) is 0 Å². The smallest absolute Gasteiger partial charge is 0.0217 e. The summed E-state index contributed by atoms with van der Waals surface area (Å²) >= 11 is 0. The molecule has 2 N–H and O–H groups in total. The number of likely N-dealkylation sites (tertiary alicyclic amines) is 1. The molecule has 0 saturated carbocycles. The van der Waals surface area contributed by atoms with E-state index in [2.05, 4.69) is 30.8 Å². The summed E-state index contributed by atoms with van der Waals surface area (Å²) in [7, 11) is 4.33. The lowest BCUT2D eigenvalue weighted by Gasteiger charge is -2.36. The summed E-state index contributed by atoms with van der Waals surface area (Å²) in [5.74, 6) is 0. The maximum Gasteiger partial charge on any atom is 0.0217 e. The first-order chi connectivity index (χ1) is 6.09. The number of nitrogens with zero attached hydrogens (tertiary/aromatic N) is 2. The van der Waals surface area contributed by atoms with Crippen LogP contribution in [0.5, 0.6) is 0 Å². The molecule has 3 heteroatoms. The fourth-order valence-corrected chi connectivity index (χ4v) is 2.03. The molecule has 0 bridgehead atoms. The molecule has 1 heterocycles. The van der Waals surface area contributed by atoms with Gasteiger partial charge in [-0.2, -0.15) is 0 Å². The summed E-state index contributed by atoms with van der Waals surface area (Å²) in [5.41, 5.74) is 5.79. The van der Waals surface area contributed by atoms with Crippen LogP contribution in [0, 0.1) is 0 Å². The Labute approximate surface area is 81.9 Å². The molecule has 1 aliphatic rings. The molecule has 0 aliphatic carbocycles. The Balaban J connectivity index is 2.33. The van der Waals surface area contributed by atoms with Gasteiger partial charge in [0.1, 0.15) is 0 Å². The maximum atomic E-state index is 5.79. The first-order valence-corrected chi connectivity index (χ1v) is 5.24. The summed E-state index contributed by atoms with van der Waals surface area (Å²) in [6.45, 7) is 5.55. The van der Waals surface area contributed by atoms with Gasteiger partial charge in [0.25, 0.3) is 0 Å². The largest absolute Gasteiger partial charge is 0.327 e. The zero-order valence-corrected chi connectivity index (χ0v) is 9.16. The molecule has 1 fully saturated rings. The van der Waals surface area contributed by atoms with Gasteiger partial charge in [-0.25, -0.2) is 0 Å². The van der Waals surface area contributed by atoms with Crippen LogP contribution in [0.2, 0.25) is 0 Å². The number of nitrogens with two attached hydrogens (primary N) is 1. The van der Waals surface area contributed by atoms with Crippen LogP contribution < -0.4 is 5.73 Å². The molecule has 0 aromatic heterocycles. The zero-order chi connectivity index (χ0) is 9.84. The van der Waals surface area contributed by atoms with E-state index in [1.54, 1.807) is 0 Å². The second kappa shape index (κ2) is 4.94. The molecule has 13 heavy (non-hydrogen) atoms. The molecular formula is C10H23N3. The van der Waals surface area contributed by atoms with Crippen molar-refractivity contribution in [3.05, 3.63) is 0 Å². The van der Waals surface area contributed by atoms with E-state index in [4.69, 9.17) is 5.73 Å². The molecule has 0 aromatic rings. The normalized spacial score (nSPS) is 27.9. The Morgan fingerprint density at radius 3 is 2.77 bits per heavy atom. The summed E-state index contributed by atoms with van der Waals surface area (Å²) in [4.78, 5) is 4.81. The Kier molecular flexibility index (Phi) is 4.16. The Morgan fingerprint density at radius 2 is 2.23 bits per heavy atom. The summed E-state index contributed by atoms with van der Waals surface area (Å²) < 4.78 is 0.